The molecule has 0 aliphatic carbocycles. The van der Waals surface area contributed by atoms with E-state index < -0.39 is 0 Å². The lowest BCUT2D eigenvalue weighted by Gasteiger charge is -2.06. The van der Waals surface area contributed by atoms with E-state index in [0.29, 0.717) is 11.5 Å². The van der Waals surface area contributed by atoms with Gasteiger partial charge >= 0.3 is 5.97 Å². The topological polar surface area (TPSA) is 85.6 Å². The van der Waals surface area contributed by atoms with Crippen molar-refractivity contribution in [1.29, 1.82) is 0 Å². The smallest absolute Gasteiger partial charge is 0.308 e. The van der Waals surface area contributed by atoms with E-state index in [4.69, 9.17) is 4.74 Å². The van der Waals surface area contributed by atoms with Crippen molar-refractivity contribution >= 4 is 28.6 Å². The molecule has 132 valence electrons. The van der Waals surface area contributed by atoms with Crippen LogP contribution in [0.25, 0.3) is 11.0 Å². The van der Waals surface area contributed by atoms with Gasteiger partial charge in [0.05, 0.1) is 23.1 Å². The number of amides is 1. The van der Waals surface area contributed by atoms with Gasteiger partial charge in [-0.05, 0) is 48.9 Å². The number of fused-ring (bicyclic) bond motifs is 1. The van der Waals surface area contributed by atoms with E-state index in [1.165, 1.54) is 6.92 Å². The molecule has 1 amide bonds. The van der Waals surface area contributed by atoms with Crippen LogP contribution in [0.1, 0.15) is 19.4 Å². The molecule has 3 aromatic rings. The number of imidazole rings is 1. The molecule has 26 heavy (non-hydrogen) atoms. The Morgan fingerprint density at radius 1 is 1.12 bits per heavy atom. The number of benzene rings is 2. The summed E-state index contributed by atoms with van der Waals surface area (Å²) in [6, 6.07) is 14.5. The predicted molar refractivity (Wildman–Crippen MR) is 97.8 cm³/mol. The number of esters is 1. The van der Waals surface area contributed by atoms with E-state index in [-0.39, 0.29) is 18.4 Å². The number of hydrogen-bond donors (Lipinski definition) is 1. The Bertz CT molecular complexity index is 974. The Kier molecular flexibility index (Phi) is 5.07. The first kappa shape index (κ1) is 17.3. The molecule has 0 fully saturated rings. The van der Waals surface area contributed by atoms with Crippen LogP contribution in [0, 0.1) is 0 Å². The Labute approximate surface area is 150 Å². The lowest BCUT2D eigenvalue weighted by molar-refractivity contribution is -0.131. The monoisotopic (exact) mass is 350 g/mol. The number of rotatable bonds is 5. The third-order valence-corrected chi connectivity index (χ3v) is 3.72. The van der Waals surface area contributed by atoms with E-state index in [9.17, 15) is 9.59 Å². The second-order valence-corrected chi connectivity index (χ2v) is 5.71. The molecule has 0 unspecified atom stereocenters. The molecule has 1 aromatic heterocycles. The van der Waals surface area contributed by atoms with Gasteiger partial charge in [-0.15, -0.1) is 0 Å². The Balaban J connectivity index is 1.63. The van der Waals surface area contributed by atoms with Crippen molar-refractivity contribution in [3.05, 3.63) is 60.4 Å². The summed E-state index contributed by atoms with van der Waals surface area (Å²) in [4.78, 5) is 27.3. The average Bonchev–Trinajstić information content (AvgIpc) is 3.03. The van der Waals surface area contributed by atoms with Gasteiger partial charge in [0.2, 0.25) is 0 Å². The summed E-state index contributed by atoms with van der Waals surface area (Å²) in [7, 11) is 0. The number of hydrazone groups is 1. The summed E-state index contributed by atoms with van der Waals surface area (Å²) in [5.74, 6) is -0.156. The van der Waals surface area contributed by atoms with Gasteiger partial charge in [-0.3, -0.25) is 9.59 Å². The second-order valence-electron chi connectivity index (χ2n) is 5.71. The third kappa shape index (κ3) is 4.13. The highest BCUT2D eigenvalue weighted by Gasteiger charge is 2.07. The molecule has 0 bridgehead atoms. The zero-order chi connectivity index (χ0) is 18.5. The molecule has 2 aromatic carbocycles. The van der Waals surface area contributed by atoms with Gasteiger partial charge in [-0.25, -0.2) is 10.4 Å². The molecule has 0 atom stereocenters. The summed E-state index contributed by atoms with van der Waals surface area (Å²) in [6.07, 6.45) is 1.63. The summed E-state index contributed by atoms with van der Waals surface area (Å²) in [5, 5.41) is 4.12. The summed E-state index contributed by atoms with van der Waals surface area (Å²) < 4.78 is 6.75. The number of aromatic nitrogens is 2. The molecule has 0 spiro atoms. The standard InChI is InChI=1S/C19H18N4O3/c1-13(15-7-9-16(10-8-15)26-14(2)24)21-22-19(25)11-23-12-20-17-5-3-4-6-18(17)23/h3-10,12H,11H2,1-2H3,(H,22,25). The van der Waals surface area contributed by atoms with Crippen LogP contribution >= 0.6 is 0 Å². The van der Waals surface area contributed by atoms with Gasteiger partial charge in [-0.2, -0.15) is 5.10 Å². The maximum atomic E-state index is 12.1. The van der Waals surface area contributed by atoms with E-state index in [2.05, 4.69) is 15.5 Å². The number of nitrogens with one attached hydrogen (secondary N) is 1. The van der Waals surface area contributed by atoms with Gasteiger partial charge < -0.3 is 9.30 Å². The lowest BCUT2D eigenvalue weighted by Crippen LogP contribution is -2.24. The molecular weight excluding hydrogens is 332 g/mol. The highest BCUT2D eigenvalue weighted by molar-refractivity contribution is 5.99. The normalized spacial score (nSPS) is 11.4. The molecular formula is C19H18N4O3. The van der Waals surface area contributed by atoms with Gasteiger partial charge in [-0.1, -0.05) is 12.1 Å². The summed E-state index contributed by atoms with van der Waals surface area (Å²) in [5.41, 5.74) is 5.74. The van der Waals surface area contributed by atoms with Crippen LogP contribution in [0.5, 0.6) is 5.75 Å². The fourth-order valence-corrected chi connectivity index (χ4v) is 2.47. The minimum atomic E-state index is -0.373. The van der Waals surface area contributed by atoms with Gasteiger partial charge in [0, 0.05) is 6.92 Å². The van der Waals surface area contributed by atoms with Crippen molar-refractivity contribution in [3.63, 3.8) is 0 Å². The SMILES string of the molecule is CC(=O)Oc1ccc(C(C)=NNC(=O)Cn2cnc3ccccc32)cc1. The lowest BCUT2D eigenvalue weighted by atomic mass is 10.1. The molecule has 0 aliphatic rings. The molecule has 0 saturated carbocycles. The molecule has 3 rings (SSSR count). The Morgan fingerprint density at radius 2 is 1.85 bits per heavy atom. The minimum Gasteiger partial charge on any atom is -0.427 e. The van der Waals surface area contributed by atoms with Crippen molar-refractivity contribution < 1.29 is 14.3 Å². The second kappa shape index (κ2) is 7.60. The Morgan fingerprint density at radius 3 is 2.58 bits per heavy atom. The van der Waals surface area contributed by atoms with E-state index in [1.807, 2.05) is 24.3 Å². The number of ether oxygens (including phenoxy) is 1. The molecule has 0 radical (unpaired) electrons. The number of carbonyl (C=O) groups excluding carboxylic acids is 2. The van der Waals surface area contributed by atoms with E-state index in [0.717, 1.165) is 16.6 Å². The van der Waals surface area contributed by atoms with Gasteiger partial charge in [0.25, 0.3) is 5.91 Å². The van der Waals surface area contributed by atoms with Crippen LogP contribution in [-0.4, -0.2) is 27.1 Å². The molecule has 1 N–H and O–H groups in total. The van der Waals surface area contributed by atoms with Gasteiger partial charge in [0.15, 0.2) is 0 Å². The first-order valence-electron chi connectivity index (χ1n) is 8.05. The average molecular weight is 350 g/mol. The van der Waals surface area contributed by atoms with Crippen molar-refractivity contribution in [2.24, 2.45) is 5.10 Å². The zero-order valence-electron chi connectivity index (χ0n) is 14.5. The summed E-state index contributed by atoms with van der Waals surface area (Å²) >= 11 is 0. The van der Waals surface area contributed by atoms with Crippen molar-refractivity contribution in [1.82, 2.24) is 15.0 Å². The maximum Gasteiger partial charge on any atom is 0.308 e. The van der Waals surface area contributed by atoms with Crippen LogP contribution in [-0.2, 0) is 16.1 Å². The molecule has 1 heterocycles. The van der Waals surface area contributed by atoms with Crippen LogP contribution in [0.4, 0.5) is 0 Å². The fraction of sp³-hybridized carbons (Fsp3) is 0.158. The first-order chi connectivity index (χ1) is 12.5. The molecule has 0 aliphatic heterocycles. The fourth-order valence-electron chi connectivity index (χ4n) is 2.47. The Hall–Kier alpha value is -3.48. The van der Waals surface area contributed by atoms with Crippen LogP contribution < -0.4 is 10.2 Å². The quantitative estimate of drug-likeness (QED) is 0.332. The zero-order valence-corrected chi connectivity index (χ0v) is 14.5. The van der Waals surface area contributed by atoms with Gasteiger partial charge in [0.1, 0.15) is 12.3 Å². The highest BCUT2D eigenvalue weighted by atomic mass is 16.5. The van der Waals surface area contributed by atoms with Crippen molar-refractivity contribution in [2.75, 3.05) is 0 Å². The largest absolute Gasteiger partial charge is 0.427 e. The van der Waals surface area contributed by atoms with E-state index in [1.54, 1.807) is 42.1 Å². The number of nitrogens with zero attached hydrogens (tertiary/aromatic N) is 3. The number of carbonyl (C=O) groups is 2. The first-order valence-corrected chi connectivity index (χ1v) is 8.05. The molecule has 7 heteroatoms. The van der Waals surface area contributed by atoms with Crippen molar-refractivity contribution in [2.45, 2.75) is 20.4 Å². The third-order valence-electron chi connectivity index (χ3n) is 3.72. The highest BCUT2D eigenvalue weighted by Crippen LogP contribution is 2.13. The molecule has 7 nitrogen and oxygen atoms in total. The predicted octanol–water partition coefficient (Wildman–Crippen LogP) is 2.50. The van der Waals surface area contributed by atoms with Crippen LogP contribution in [0.2, 0.25) is 0 Å². The van der Waals surface area contributed by atoms with Crippen LogP contribution in [0.15, 0.2) is 60.0 Å². The minimum absolute atomic E-state index is 0.128. The maximum absolute atomic E-state index is 12.1. The molecule has 0 saturated heterocycles. The summed E-state index contributed by atoms with van der Waals surface area (Å²) in [6.45, 7) is 3.26. The number of hydrogen-bond acceptors (Lipinski definition) is 5. The number of para-hydroxylation sites is 2. The van der Waals surface area contributed by atoms with Crippen molar-refractivity contribution in [3.8, 4) is 5.75 Å². The van der Waals surface area contributed by atoms with E-state index >= 15 is 0 Å². The van der Waals surface area contributed by atoms with Crippen LogP contribution in [0.3, 0.4) is 0 Å².